The number of hydrogen-bond donors (Lipinski definition) is 2. The van der Waals surface area contributed by atoms with Gasteiger partial charge in [-0.15, -0.1) is 0 Å². The Hall–Kier alpha value is -1.66. The van der Waals surface area contributed by atoms with Gasteiger partial charge in [0.15, 0.2) is 0 Å². The largest absolute Gasteiger partial charge is 0.465 e. The smallest absolute Gasteiger partial charge is 0.407 e. The van der Waals surface area contributed by atoms with Crippen molar-refractivity contribution in [1.82, 2.24) is 4.90 Å². The van der Waals surface area contributed by atoms with Gasteiger partial charge in [0.2, 0.25) is 0 Å². The van der Waals surface area contributed by atoms with Gasteiger partial charge in [-0.1, -0.05) is 12.1 Å². The van der Waals surface area contributed by atoms with Gasteiger partial charge in [0.05, 0.1) is 12.7 Å². The molecule has 1 aromatic rings. The summed E-state index contributed by atoms with van der Waals surface area (Å²) in [7, 11) is 0. The van der Waals surface area contributed by atoms with E-state index < -0.39 is 6.09 Å². The summed E-state index contributed by atoms with van der Waals surface area (Å²) in [5, 5.41) is 9.13. The Labute approximate surface area is 123 Å². The molecule has 0 radical (unpaired) electrons. The van der Waals surface area contributed by atoms with E-state index in [0.717, 1.165) is 18.4 Å². The van der Waals surface area contributed by atoms with Crippen LogP contribution in [-0.4, -0.2) is 42.3 Å². The second kappa shape index (κ2) is 7.38. The van der Waals surface area contributed by atoms with Crippen LogP contribution in [0.2, 0.25) is 0 Å². The molecule has 1 aliphatic heterocycles. The molecule has 5 nitrogen and oxygen atoms in total. The summed E-state index contributed by atoms with van der Waals surface area (Å²) in [6, 6.07) is 6.28. The number of nitrogens with zero attached hydrogens (tertiary/aromatic N) is 1. The highest BCUT2D eigenvalue weighted by Gasteiger charge is 2.31. The van der Waals surface area contributed by atoms with Crippen LogP contribution in [0.5, 0.6) is 0 Å². The number of carboxylic acid groups (broad SMARTS) is 1. The zero-order chi connectivity index (χ0) is 15.2. The minimum absolute atomic E-state index is 0.0169. The Morgan fingerprint density at radius 3 is 3.05 bits per heavy atom. The third-order valence-electron chi connectivity index (χ3n) is 3.75. The summed E-state index contributed by atoms with van der Waals surface area (Å²) < 4.78 is 19.2. The average Bonchev–Trinajstić information content (AvgIpc) is 2.48. The molecular weight excluding hydrogens is 275 g/mol. The molecule has 1 unspecified atom stereocenters. The Morgan fingerprint density at radius 2 is 2.38 bits per heavy atom. The average molecular weight is 296 g/mol. The Kier molecular flexibility index (Phi) is 5.52. The lowest BCUT2D eigenvalue weighted by atomic mass is 9.88. The molecule has 21 heavy (non-hydrogen) atoms. The van der Waals surface area contributed by atoms with Gasteiger partial charge in [0.25, 0.3) is 0 Å². The van der Waals surface area contributed by atoms with Crippen LogP contribution in [0.1, 0.15) is 24.5 Å². The molecule has 2 rings (SSSR count). The van der Waals surface area contributed by atoms with E-state index in [1.54, 1.807) is 6.07 Å². The highest BCUT2D eigenvalue weighted by Crippen LogP contribution is 2.33. The minimum Gasteiger partial charge on any atom is -0.465 e. The van der Waals surface area contributed by atoms with Crippen LogP contribution in [0.25, 0.3) is 0 Å². The van der Waals surface area contributed by atoms with Crippen molar-refractivity contribution in [1.29, 1.82) is 0 Å². The maximum absolute atomic E-state index is 13.4. The number of piperidine rings is 1. The van der Waals surface area contributed by atoms with Crippen molar-refractivity contribution in [2.75, 3.05) is 26.2 Å². The molecule has 0 spiro atoms. The second-order valence-corrected chi connectivity index (χ2v) is 5.27. The number of carbonyl (C=O) groups is 1. The van der Waals surface area contributed by atoms with Gasteiger partial charge in [-0.2, -0.15) is 0 Å². The summed E-state index contributed by atoms with van der Waals surface area (Å²) in [5.41, 5.74) is 6.22. The van der Waals surface area contributed by atoms with Crippen molar-refractivity contribution in [2.45, 2.75) is 18.9 Å². The van der Waals surface area contributed by atoms with Gasteiger partial charge in [-0.3, -0.25) is 0 Å². The first-order valence-corrected chi connectivity index (χ1v) is 7.17. The topological polar surface area (TPSA) is 75.8 Å². The van der Waals surface area contributed by atoms with Crippen LogP contribution in [0.4, 0.5) is 9.18 Å². The molecule has 0 aliphatic carbocycles. The normalized spacial score (nSPS) is 20.3. The Bertz CT molecular complexity index is 484. The number of likely N-dealkylation sites (tertiary alicyclic amines) is 1. The van der Waals surface area contributed by atoms with E-state index in [2.05, 4.69) is 0 Å². The molecule has 1 heterocycles. The Balaban J connectivity index is 2.17. The third kappa shape index (κ3) is 4.15. The van der Waals surface area contributed by atoms with Crippen LogP contribution in [0.3, 0.4) is 0 Å². The minimum atomic E-state index is -0.920. The molecule has 6 heteroatoms. The number of hydrogen-bond acceptors (Lipinski definition) is 3. The number of rotatable bonds is 5. The number of benzene rings is 1. The zero-order valence-electron chi connectivity index (χ0n) is 11.9. The van der Waals surface area contributed by atoms with Gasteiger partial charge >= 0.3 is 6.09 Å². The fourth-order valence-corrected chi connectivity index (χ4v) is 2.81. The van der Waals surface area contributed by atoms with E-state index in [1.165, 1.54) is 17.0 Å². The summed E-state index contributed by atoms with van der Waals surface area (Å²) in [6.07, 6.45) is 0.396. The van der Waals surface area contributed by atoms with Crippen LogP contribution in [0.15, 0.2) is 24.3 Å². The highest BCUT2D eigenvalue weighted by molar-refractivity contribution is 5.65. The summed E-state index contributed by atoms with van der Waals surface area (Å²) in [4.78, 5) is 12.5. The number of ether oxygens (including phenoxy) is 1. The van der Waals surface area contributed by atoms with Crippen LogP contribution >= 0.6 is 0 Å². The number of halogens is 1. The molecule has 1 fully saturated rings. The number of nitrogens with two attached hydrogens (primary N) is 1. The van der Waals surface area contributed by atoms with E-state index in [1.807, 2.05) is 6.07 Å². The molecule has 3 N–H and O–H groups in total. The van der Waals surface area contributed by atoms with Crippen molar-refractivity contribution >= 4 is 6.09 Å². The van der Waals surface area contributed by atoms with E-state index >= 15 is 0 Å². The first-order chi connectivity index (χ1) is 10.1. The zero-order valence-corrected chi connectivity index (χ0v) is 11.9. The first-order valence-electron chi connectivity index (χ1n) is 7.17. The Morgan fingerprint density at radius 1 is 1.57 bits per heavy atom. The molecule has 0 aromatic heterocycles. The molecule has 1 aliphatic rings. The van der Waals surface area contributed by atoms with Crippen molar-refractivity contribution in [3.63, 3.8) is 0 Å². The van der Waals surface area contributed by atoms with E-state index in [-0.39, 0.29) is 17.8 Å². The monoisotopic (exact) mass is 296 g/mol. The van der Waals surface area contributed by atoms with E-state index in [9.17, 15) is 9.18 Å². The van der Waals surface area contributed by atoms with Crippen LogP contribution < -0.4 is 5.73 Å². The SMILES string of the molecule is NCCO[C@@H](c1cccc(F)c1)C1CCCN(C(=O)O)C1. The quantitative estimate of drug-likeness (QED) is 0.873. The molecule has 1 saturated heterocycles. The fraction of sp³-hybridized carbons (Fsp3) is 0.533. The highest BCUT2D eigenvalue weighted by atomic mass is 19.1. The molecular formula is C15H21FN2O3. The van der Waals surface area contributed by atoms with Gasteiger partial charge in [0.1, 0.15) is 5.82 Å². The lowest BCUT2D eigenvalue weighted by molar-refractivity contribution is -0.00991. The summed E-state index contributed by atoms with van der Waals surface area (Å²) in [6.45, 7) is 1.69. The van der Waals surface area contributed by atoms with Crippen LogP contribution in [0, 0.1) is 11.7 Å². The van der Waals surface area contributed by atoms with E-state index in [0.29, 0.717) is 26.2 Å². The molecule has 1 amide bonds. The molecule has 0 saturated carbocycles. The van der Waals surface area contributed by atoms with Crippen molar-refractivity contribution in [3.05, 3.63) is 35.6 Å². The molecule has 116 valence electrons. The summed E-state index contributed by atoms with van der Waals surface area (Å²) >= 11 is 0. The predicted octanol–water partition coefficient (Wildman–Crippen LogP) is 2.23. The lowest BCUT2D eigenvalue weighted by Gasteiger charge is -2.35. The molecule has 2 atom stereocenters. The first kappa shape index (κ1) is 15.7. The third-order valence-corrected chi connectivity index (χ3v) is 3.75. The lowest BCUT2D eigenvalue weighted by Crippen LogP contribution is -2.41. The van der Waals surface area contributed by atoms with Crippen molar-refractivity contribution in [3.8, 4) is 0 Å². The summed E-state index contributed by atoms with van der Waals surface area (Å²) in [5.74, 6) is -0.303. The standard InChI is InChI=1S/C15H21FN2O3/c16-13-5-1-3-11(9-13)14(21-8-6-17)12-4-2-7-18(10-12)15(19)20/h1,3,5,9,12,14H,2,4,6-8,10,17H2,(H,19,20)/t12?,14-/m0/s1. The van der Waals surface area contributed by atoms with Crippen LogP contribution in [-0.2, 0) is 4.74 Å². The van der Waals surface area contributed by atoms with Crippen molar-refractivity contribution in [2.24, 2.45) is 11.7 Å². The predicted molar refractivity (Wildman–Crippen MR) is 76.5 cm³/mol. The second-order valence-electron chi connectivity index (χ2n) is 5.27. The van der Waals surface area contributed by atoms with Gasteiger partial charge < -0.3 is 20.5 Å². The van der Waals surface area contributed by atoms with Gasteiger partial charge in [0, 0.05) is 25.6 Å². The molecule has 1 aromatic carbocycles. The maximum atomic E-state index is 13.4. The molecule has 0 bridgehead atoms. The number of amides is 1. The van der Waals surface area contributed by atoms with Crippen molar-refractivity contribution < 1.29 is 19.0 Å². The van der Waals surface area contributed by atoms with E-state index in [4.69, 9.17) is 15.6 Å². The fourth-order valence-electron chi connectivity index (χ4n) is 2.81. The maximum Gasteiger partial charge on any atom is 0.407 e. The van der Waals surface area contributed by atoms with Gasteiger partial charge in [-0.05, 0) is 30.5 Å². The van der Waals surface area contributed by atoms with Gasteiger partial charge in [-0.25, -0.2) is 9.18 Å².